The van der Waals surface area contributed by atoms with Crippen LogP contribution in [-0.2, 0) is 11.2 Å². The van der Waals surface area contributed by atoms with Crippen LogP contribution in [0.25, 0.3) is 22.6 Å². The monoisotopic (exact) mass is 454 g/mol. The fourth-order valence-corrected chi connectivity index (χ4v) is 4.03. The van der Waals surface area contributed by atoms with Crippen LogP contribution in [0, 0.1) is 28.7 Å². The van der Waals surface area contributed by atoms with E-state index in [0.29, 0.717) is 30.9 Å². The molecule has 1 aromatic carbocycles. The van der Waals surface area contributed by atoms with E-state index in [1.54, 1.807) is 0 Å². The lowest BCUT2D eigenvalue weighted by Gasteiger charge is -2.24. The van der Waals surface area contributed by atoms with Crippen LogP contribution in [-0.4, -0.2) is 49.9 Å². The number of rotatable bonds is 5. The maximum Gasteiger partial charge on any atom is 0.307 e. The maximum atomic E-state index is 15.3. The quantitative estimate of drug-likeness (QED) is 0.367. The summed E-state index contributed by atoms with van der Waals surface area (Å²) in [5.41, 5.74) is 1.87. The maximum absolute atomic E-state index is 15.3. The second-order valence-electron chi connectivity index (χ2n) is 7.93. The zero-order valence-corrected chi connectivity index (χ0v) is 17.7. The molecule has 11 heteroatoms. The van der Waals surface area contributed by atoms with E-state index in [1.807, 2.05) is 29.7 Å². The van der Waals surface area contributed by atoms with E-state index < -0.39 is 16.6 Å². The van der Waals surface area contributed by atoms with Crippen LogP contribution in [0.2, 0.25) is 0 Å². The molecule has 4 aromatic rings. The van der Waals surface area contributed by atoms with Crippen molar-refractivity contribution in [1.29, 1.82) is 0 Å². The summed E-state index contributed by atoms with van der Waals surface area (Å²) in [6.07, 6.45) is 4.21. The molecule has 1 aliphatic rings. The Balaban J connectivity index is 1.61. The molecule has 0 unspecified atom stereocenters. The highest BCUT2D eigenvalue weighted by Gasteiger charge is 2.25. The summed E-state index contributed by atoms with van der Waals surface area (Å²) in [5, 5.41) is 18.0. The Labute approximate surface area is 186 Å². The number of imidazole rings is 1. The van der Waals surface area contributed by atoms with Crippen LogP contribution in [0.3, 0.4) is 0 Å². The zero-order valence-electron chi connectivity index (χ0n) is 17.7. The lowest BCUT2D eigenvalue weighted by Crippen LogP contribution is -2.39. The molecule has 4 heterocycles. The molecule has 9 nitrogen and oxygen atoms in total. The van der Waals surface area contributed by atoms with Gasteiger partial charge < -0.3 is 14.5 Å². The van der Waals surface area contributed by atoms with Crippen molar-refractivity contribution < 1.29 is 18.4 Å². The van der Waals surface area contributed by atoms with Crippen molar-refractivity contribution >= 4 is 11.3 Å². The second kappa shape index (κ2) is 8.34. The molecule has 33 heavy (non-hydrogen) atoms. The van der Waals surface area contributed by atoms with Crippen LogP contribution in [0.5, 0.6) is 0 Å². The molecular formula is C22H20F2N6O3. The third-order valence-corrected chi connectivity index (χ3v) is 5.61. The normalized spacial score (nSPS) is 16.4. The van der Waals surface area contributed by atoms with Gasteiger partial charge >= 0.3 is 5.69 Å². The highest BCUT2D eigenvalue weighted by atomic mass is 19.1. The van der Waals surface area contributed by atoms with E-state index in [-0.39, 0.29) is 28.7 Å². The summed E-state index contributed by atoms with van der Waals surface area (Å²) < 4.78 is 39.3. The van der Waals surface area contributed by atoms with Gasteiger partial charge in [0.05, 0.1) is 40.3 Å². The van der Waals surface area contributed by atoms with Gasteiger partial charge in [-0.3, -0.25) is 10.1 Å². The third-order valence-electron chi connectivity index (χ3n) is 5.61. The van der Waals surface area contributed by atoms with Crippen molar-refractivity contribution in [2.45, 2.75) is 19.4 Å². The Bertz CT molecular complexity index is 1340. The first-order valence-corrected chi connectivity index (χ1v) is 10.4. The predicted molar refractivity (Wildman–Crippen MR) is 115 cm³/mol. The largest absolute Gasteiger partial charge is 0.375 e. The molecule has 170 valence electrons. The number of nitrogens with zero attached hydrogens (tertiary/aromatic N) is 5. The summed E-state index contributed by atoms with van der Waals surface area (Å²) in [5.74, 6) is -1.68. The molecule has 1 atom stereocenters. The predicted octanol–water partition coefficient (Wildman–Crippen LogP) is 3.21. The number of morpholine rings is 1. The second-order valence-corrected chi connectivity index (χ2v) is 7.93. The molecule has 0 spiro atoms. The lowest BCUT2D eigenvalue weighted by atomic mass is 10.0. The number of aromatic nitrogens is 4. The fraction of sp³-hybridized carbons (Fsp3) is 0.273. The topological polar surface area (TPSA) is 99.5 Å². The van der Waals surface area contributed by atoms with Crippen LogP contribution in [0.15, 0.2) is 42.9 Å². The zero-order chi connectivity index (χ0) is 23.1. The van der Waals surface area contributed by atoms with Crippen molar-refractivity contribution in [3.8, 4) is 16.9 Å². The number of nitrogens with one attached hydrogen (secondary N) is 1. The van der Waals surface area contributed by atoms with Gasteiger partial charge in [-0.25, -0.2) is 18.4 Å². The van der Waals surface area contributed by atoms with Crippen LogP contribution >= 0.6 is 0 Å². The van der Waals surface area contributed by atoms with E-state index in [0.717, 1.165) is 41.3 Å². The van der Waals surface area contributed by atoms with Crippen molar-refractivity contribution in [3.05, 3.63) is 75.9 Å². The fourth-order valence-electron chi connectivity index (χ4n) is 4.03. The average molecular weight is 454 g/mol. The number of nitro groups is 1. The Morgan fingerprint density at radius 2 is 2.09 bits per heavy atom. The SMILES string of the molecule is Cc1ccn2c(C[C@H]3CNCCO3)c(-c3c(F)cc(-n4cc([N+](=O)[O-])cn4)cc3F)nc2c1. The third kappa shape index (κ3) is 3.96. The summed E-state index contributed by atoms with van der Waals surface area (Å²) in [4.78, 5) is 14.8. The Hall–Kier alpha value is -3.70. The van der Waals surface area contributed by atoms with Crippen molar-refractivity contribution in [3.63, 3.8) is 0 Å². The van der Waals surface area contributed by atoms with Crippen molar-refractivity contribution in [2.24, 2.45) is 0 Å². The van der Waals surface area contributed by atoms with Crippen LogP contribution in [0.4, 0.5) is 14.5 Å². The van der Waals surface area contributed by atoms with Gasteiger partial charge in [-0.2, -0.15) is 5.10 Å². The summed E-state index contributed by atoms with van der Waals surface area (Å²) in [7, 11) is 0. The molecule has 1 N–H and O–H groups in total. The number of hydrogen-bond donors (Lipinski definition) is 1. The van der Waals surface area contributed by atoms with Crippen molar-refractivity contribution in [2.75, 3.05) is 19.7 Å². The molecule has 5 rings (SSSR count). The summed E-state index contributed by atoms with van der Waals surface area (Å²) in [6.45, 7) is 3.86. The summed E-state index contributed by atoms with van der Waals surface area (Å²) in [6, 6.07) is 5.93. The van der Waals surface area contributed by atoms with Gasteiger partial charge in [0.1, 0.15) is 29.7 Å². The number of pyridine rings is 1. The minimum atomic E-state index is -0.841. The van der Waals surface area contributed by atoms with E-state index >= 15 is 8.78 Å². The van der Waals surface area contributed by atoms with E-state index in [4.69, 9.17) is 4.74 Å². The molecule has 1 aliphatic heterocycles. The van der Waals surface area contributed by atoms with E-state index in [9.17, 15) is 10.1 Å². The first kappa shape index (κ1) is 21.2. The molecule has 0 aliphatic carbocycles. The Kier molecular flexibility index (Phi) is 5.35. The first-order chi connectivity index (χ1) is 15.9. The minimum Gasteiger partial charge on any atom is -0.375 e. The molecule has 1 fully saturated rings. The molecule has 0 saturated carbocycles. The van der Waals surface area contributed by atoms with Crippen LogP contribution in [0.1, 0.15) is 11.3 Å². The van der Waals surface area contributed by atoms with Gasteiger partial charge in [-0.1, -0.05) is 0 Å². The minimum absolute atomic E-state index is 0.0304. The van der Waals surface area contributed by atoms with Crippen molar-refractivity contribution in [1.82, 2.24) is 24.5 Å². The number of halogens is 2. The number of aryl methyl sites for hydroxylation is 1. The highest BCUT2D eigenvalue weighted by Crippen LogP contribution is 2.32. The standard InChI is InChI=1S/C22H20F2N6O3/c1-13-2-4-28-19(9-16-11-25-3-5-33-16)22(27-20(28)6-13)21-17(23)7-14(8-18(21)24)29-12-15(10-26-29)30(31)32/h2,4,6-8,10,12,16,25H,3,5,9,11H2,1H3/t16-/m0/s1. The molecule has 0 radical (unpaired) electrons. The molecule has 0 amide bonds. The number of ether oxygens (including phenoxy) is 1. The van der Waals surface area contributed by atoms with E-state index in [1.165, 1.54) is 0 Å². The lowest BCUT2D eigenvalue weighted by molar-refractivity contribution is -0.384. The number of fused-ring (bicyclic) bond motifs is 1. The summed E-state index contributed by atoms with van der Waals surface area (Å²) >= 11 is 0. The van der Waals surface area contributed by atoms with Gasteiger partial charge in [0, 0.05) is 37.8 Å². The Morgan fingerprint density at radius 1 is 1.30 bits per heavy atom. The van der Waals surface area contributed by atoms with Gasteiger partial charge in [0.15, 0.2) is 0 Å². The van der Waals surface area contributed by atoms with Gasteiger partial charge in [-0.05, 0) is 24.6 Å². The average Bonchev–Trinajstić information content (AvgIpc) is 3.40. The Morgan fingerprint density at radius 3 is 2.76 bits per heavy atom. The highest BCUT2D eigenvalue weighted by molar-refractivity contribution is 5.69. The smallest absolute Gasteiger partial charge is 0.307 e. The molecule has 3 aromatic heterocycles. The number of hydrogen-bond acceptors (Lipinski definition) is 6. The van der Waals surface area contributed by atoms with Crippen LogP contribution < -0.4 is 5.32 Å². The molecule has 1 saturated heterocycles. The van der Waals surface area contributed by atoms with Gasteiger partial charge in [-0.15, -0.1) is 0 Å². The molecular weight excluding hydrogens is 434 g/mol. The number of benzene rings is 1. The first-order valence-electron chi connectivity index (χ1n) is 10.4. The van der Waals surface area contributed by atoms with E-state index in [2.05, 4.69) is 15.4 Å². The van der Waals surface area contributed by atoms with Gasteiger partial charge in [0.25, 0.3) is 0 Å². The molecule has 0 bridgehead atoms. The van der Waals surface area contributed by atoms with Gasteiger partial charge in [0.2, 0.25) is 0 Å².